The Hall–Kier alpha value is -2.63. The van der Waals surface area contributed by atoms with Gasteiger partial charge in [-0.25, -0.2) is 0 Å². The van der Waals surface area contributed by atoms with Crippen LogP contribution in [0.3, 0.4) is 0 Å². The van der Waals surface area contributed by atoms with Gasteiger partial charge in [-0.05, 0) is 50.3 Å². The Kier molecular flexibility index (Phi) is 6.10. The second-order valence-electron chi connectivity index (χ2n) is 7.79. The van der Waals surface area contributed by atoms with E-state index in [2.05, 4.69) is 43.1 Å². The Balaban J connectivity index is 0.000000176. The molecule has 1 saturated heterocycles. The fourth-order valence-corrected chi connectivity index (χ4v) is 3.87. The first kappa shape index (κ1) is 21.1. The van der Waals surface area contributed by atoms with E-state index in [0.717, 1.165) is 16.0 Å². The van der Waals surface area contributed by atoms with E-state index in [4.69, 9.17) is 0 Å². The number of pyridine rings is 1. The number of aryl methyl sites for hydroxylation is 2. The van der Waals surface area contributed by atoms with Crippen molar-refractivity contribution >= 4 is 16.8 Å². The molecule has 2 unspecified atom stereocenters. The summed E-state index contributed by atoms with van der Waals surface area (Å²) in [6.45, 7) is 6.43. The maximum atomic E-state index is 12.3. The van der Waals surface area contributed by atoms with E-state index in [1.165, 1.54) is 16.5 Å². The molecule has 1 aliphatic carbocycles. The van der Waals surface area contributed by atoms with Gasteiger partial charge in [-0.15, -0.1) is 0 Å². The van der Waals surface area contributed by atoms with Crippen LogP contribution in [0.4, 0.5) is 13.2 Å². The van der Waals surface area contributed by atoms with Crippen LogP contribution < -0.4 is 0 Å². The van der Waals surface area contributed by atoms with Gasteiger partial charge in [0, 0.05) is 30.6 Å². The summed E-state index contributed by atoms with van der Waals surface area (Å²) in [5.74, 6) is -1.41. The van der Waals surface area contributed by atoms with E-state index in [9.17, 15) is 18.0 Å². The van der Waals surface area contributed by atoms with Crippen molar-refractivity contribution in [2.45, 2.75) is 33.4 Å². The highest BCUT2D eigenvalue weighted by Crippen LogP contribution is 2.32. The van der Waals surface area contributed by atoms with Gasteiger partial charge >= 0.3 is 12.1 Å². The first-order valence-electron chi connectivity index (χ1n) is 9.70. The van der Waals surface area contributed by atoms with Crippen molar-refractivity contribution in [1.82, 2.24) is 9.88 Å². The lowest BCUT2D eigenvalue weighted by Gasteiger charge is -2.37. The maximum absolute atomic E-state index is 12.3. The first-order chi connectivity index (χ1) is 13.6. The number of rotatable bonds is 0. The second-order valence-corrected chi connectivity index (χ2v) is 7.79. The molecule has 1 aliphatic heterocycles. The number of aromatic nitrogens is 1. The third kappa shape index (κ3) is 5.05. The lowest BCUT2D eigenvalue weighted by Crippen LogP contribution is -2.48. The van der Waals surface area contributed by atoms with Gasteiger partial charge in [0.25, 0.3) is 0 Å². The summed E-state index contributed by atoms with van der Waals surface area (Å²) in [5, 5.41) is 1.23. The molecule has 4 rings (SSSR count). The standard InChI is InChI=1S/C12H14F3NO.C11H11N/c1-8-2-3-9-4-5-16(7-10(9)6-8)11(17)12(13,14)15;1-8-6-10-5-3-4-9(2)11(10)12-7-8/h2-3,6,9-10H,4-5,7H2,1H3;3-7H,1-2H3. The van der Waals surface area contributed by atoms with E-state index in [-0.39, 0.29) is 24.9 Å². The molecule has 1 amide bonds. The van der Waals surface area contributed by atoms with Gasteiger partial charge in [0.15, 0.2) is 0 Å². The van der Waals surface area contributed by atoms with E-state index in [1.807, 2.05) is 31.3 Å². The number of allylic oxidation sites excluding steroid dienone is 3. The molecule has 3 nitrogen and oxygen atoms in total. The van der Waals surface area contributed by atoms with E-state index in [0.29, 0.717) is 6.42 Å². The molecule has 1 aromatic carbocycles. The molecule has 2 aromatic rings. The zero-order valence-electron chi connectivity index (χ0n) is 16.8. The van der Waals surface area contributed by atoms with Crippen LogP contribution in [0.25, 0.3) is 10.9 Å². The van der Waals surface area contributed by atoms with Crippen molar-refractivity contribution in [2.75, 3.05) is 13.1 Å². The van der Waals surface area contributed by atoms with Crippen molar-refractivity contribution in [3.63, 3.8) is 0 Å². The van der Waals surface area contributed by atoms with E-state index in [1.54, 1.807) is 0 Å². The minimum Gasteiger partial charge on any atom is -0.334 e. The smallest absolute Gasteiger partial charge is 0.334 e. The Morgan fingerprint density at radius 1 is 1.17 bits per heavy atom. The largest absolute Gasteiger partial charge is 0.471 e. The van der Waals surface area contributed by atoms with Crippen molar-refractivity contribution in [1.29, 1.82) is 0 Å². The molecule has 1 aromatic heterocycles. The summed E-state index contributed by atoms with van der Waals surface area (Å²) in [5.41, 5.74) is 4.62. The number of likely N-dealkylation sites (tertiary alicyclic amines) is 1. The average Bonchev–Trinajstić information content (AvgIpc) is 2.66. The molecule has 2 aliphatic rings. The van der Waals surface area contributed by atoms with Crippen LogP contribution >= 0.6 is 0 Å². The Labute approximate surface area is 168 Å². The first-order valence-corrected chi connectivity index (χ1v) is 9.70. The highest BCUT2D eigenvalue weighted by atomic mass is 19.4. The molecule has 2 heterocycles. The summed E-state index contributed by atoms with van der Waals surface area (Å²) in [4.78, 5) is 16.4. The molecule has 0 saturated carbocycles. The van der Waals surface area contributed by atoms with E-state index < -0.39 is 12.1 Å². The Morgan fingerprint density at radius 3 is 2.66 bits per heavy atom. The van der Waals surface area contributed by atoms with Gasteiger partial charge in [0.05, 0.1) is 5.52 Å². The van der Waals surface area contributed by atoms with E-state index >= 15 is 0 Å². The number of halogens is 3. The Morgan fingerprint density at radius 2 is 1.93 bits per heavy atom. The van der Waals surface area contributed by atoms with Crippen LogP contribution in [0.2, 0.25) is 0 Å². The number of fused-ring (bicyclic) bond motifs is 2. The number of para-hydroxylation sites is 1. The number of benzene rings is 1. The summed E-state index contributed by atoms with van der Waals surface area (Å²) < 4.78 is 36.9. The summed E-state index contributed by atoms with van der Waals surface area (Å²) in [7, 11) is 0. The van der Waals surface area contributed by atoms with Crippen molar-refractivity contribution < 1.29 is 18.0 Å². The number of carbonyl (C=O) groups is 1. The van der Waals surface area contributed by atoms with Crippen LogP contribution in [-0.4, -0.2) is 35.1 Å². The third-order valence-corrected chi connectivity index (χ3v) is 5.38. The average molecular weight is 402 g/mol. The lowest BCUT2D eigenvalue weighted by atomic mass is 9.81. The van der Waals surface area contributed by atoms with Crippen LogP contribution in [0.1, 0.15) is 24.5 Å². The minimum atomic E-state index is -4.75. The highest BCUT2D eigenvalue weighted by Gasteiger charge is 2.44. The van der Waals surface area contributed by atoms with Crippen LogP contribution in [0, 0.1) is 25.7 Å². The predicted octanol–water partition coefficient (Wildman–Crippen LogP) is 5.38. The third-order valence-electron chi connectivity index (χ3n) is 5.38. The molecule has 2 atom stereocenters. The summed E-state index contributed by atoms with van der Waals surface area (Å²) >= 11 is 0. The minimum absolute atomic E-state index is 0.0278. The zero-order chi connectivity index (χ0) is 21.2. The number of alkyl halides is 3. The van der Waals surface area contributed by atoms with Gasteiger partial charge in [-0.1, -0.05) is 42.0 Å². The number of piperidine rings is 1. The molecule has 6 heteroatoms. The predicted molar refractivity (Wildman–Crippen MR) is 108 cm³/mol. The fraction of sp³-hybridized carbons (Fsp3) is 0.391. The van der Waals surface area contributed by atoms with Crippen molar-refractivity contribution in [2.24, 2.45) is 11.8 Å². The molecule has 1 fully saturated rings. The summed E-state index contributed by atoms with van der Waals surface area (Å²) in [6.07, 6.45) is 3.75. The van der Waals surface area contributed by atoms with Gasteiger partial charge in [-0.3, -0.25) is 9.78 Å². The van der Waals surface area contributed by atoms with Crippen LogP contribution in [-0.2, 0) is 4.79 Å². The molecule has 29 heavy (non-hydrogen) atoms. The highest BCUT2D eigenvalue weighted by molar-refractivity contribution is 5.82. The normalized spacial score (nSPS) is 21.2. The topological polar surface area (TPSA) is 33.2 Å². The monoisotopic (exact) mass is 402 g/mol. The number of hydrogen-bond donors (Lipinski definition) is 0. The maximum Gasteiger partial charge on any atom is 0.471 e. The SMILES string of the molecule is CC1=CC2CN(C(=O)C(F)(F)F)CCC2C=C1.Cc1cnc2c(C)cccc2c1. The van der Waals surface area contributed by atoms with Gasteiger partial charge < -0.3 is 4.90 Å². The zero-order valence-corrected chi connectivity index (χ0v) is 16.8. The molecule has 154 valence electrons. The summed E-state index contributed by atoms with van der Waals surface area (Å²) in [6, 6.07) is 8.42. The molecule has 0 spiro atoms. The second kappa shape index (κ2) is 8.39. The molecule has 0 N–H and O–H groups in total. The molecule has 0 radical (unpaired) electrons. The quantitative estimate of drug-likeness (QED) is 0.593. The molecular formula is C23H25F3N2O. The fourth-order valence-electron chi connectivity index (χ4n) is 3.87. The van der Waals surface area contributed by atoms with Crippen molar-refractivity contribution in [3.05, 3.63) is 65.4 Å². The van der Waals surface area contributed by atoms with Crippen molar-refractivity contribution in [3.8, 4) is 0 Å². The van der Waals surface area contributed by atoms with Gasteiger partial charge in [0.1, 0.15) is 0 Å². The Bertz CT molecular complexity index is 962. The van der Waals surface area contributed by atoms with Crippen LogP contribution in [0.5, 0.6) is 0 Å². The number of carbonyl (C=O) groups excluding carboxylic acids is 1. The number of amides is 1. The molecular weight excluding hydrogens is 377 g/mol. The van der Waals surface area contributed by atoms with Gasteiger partial charge in [-0.2, -0.15) is 13.2 Å². The number of hydrogen-bond acceptors (Lipinski definition) is 2. The molecule has 0 bridgehead atoms. The van der Waals surface area contributed by atoms with Crippen LogP contribution in [0.15, 0.2) is 54.3 Å². The number of nitrogens with zero attached hydrogens (tertiary/aromatic N) is 2. The lowest BCUT2D eigenvalue weighted by molar-refractivity contribution is -0.187. The van der Waals surface area contributed by atoms with Gasteiger partial charge in [0.2, 0.25) is 0 Å².